The van der Waals surface area contributed by atoms with Crippen molar-refractivity contribution in [3.05, 3.63) is 0 Å². The van der Waals surface area contributed by atoms with Gasteiger partial charge in [0.1, 0.15) is 0 Å². The Balaban J connectivity index is 3.60. The fraction of sp³-hybridized carbons (Fsp3) is 1.00. The fourth-order valence-corrected chi connectivity index (χ4v) is 1.66. The minimum absolute atomic E-state index is 0.0458. The summed E-state index contributed by atoms with van der Waals surface area (Å²) in [6, 6.07) is 0. The molecule has 0 bridgehead atoms. The lowest BCUT2D eigenvalue weighted by Crippen LogP contribution is -2.28. The highest BCUT2D eigenvalue weighted by Crippen LogP contribution is 2.02. The molecule has 0 spiro atoms. The van der Waals surface area contributed by atoms with E-state index >= 15 is 0 Å². The van der Waals surface area contributed by atoms with E-state index in [-0.39, 0.29) is 24.4 Å². The Bertz CT molecular complexity index is 225. The van der Waals surface area contributed by atoms with Crippen LogP contribution in [0.4, 0.5) is 0 Å². The molecule has 0 amide bonds. The molecule has 0 aromatic heterocycles. The van der Waals surface area contributed by atoms with Crippen LogP contribution in [0.1, 0.15) is 41.5 Å². The molecule has 4 atom stereocenters. The van der Waals surface area contributed by atoms with E-state index in [1.165, 1.54) is 0 Å². The van der Waals surface area contributed by atoms with Crippen LogP contribution >= 0.6 is 0 Å². The first-order valence-corrected chi connectivity index (χ1v) is 8.03. The van der Waals surface area contributed by atoms with Gasteiger partial charge in [0.05, 0.1) is 50.8 Å². The molecule has 5 nitrogen and oxygen atoms in total. The van der Waals surface area contributed by atoms with Gasteiger partial charge >= 0.3 is 0 Å². The molecule has 0 aliphatic heterocycles. The summed E-state index contributed by atoms with van der Waals surface area (Å²) in [4.78, 5) is 0. The highest BCUT2D eigenvalue weighted by atomic mass is 16.6. The minimum Gasteiger partial charge on any atom is -0.379 e. The molecule has 4 unspecified atom stereocenters. The van der Waals surface area contributed by atoms with Crippen molar-refractivity contribution in [3.63, 3.8) is 0 Å². The molecule has 0 rings (SSSR count). The Morgan fingerprint density at radius 2 is 0.905 bits per heavy atom. The van der Waals surface area contributed by atoms with Crippen LogP contribution in [0.25, 0.3) is 0 Å². The molecular weight excluding hydrogens is 272 g/mol. The van der Waals surface area contributed by atoms with E-state index in [0.717, 1.165) is 6.61 Å². The van der Waals surface area contributed by atoms with E-state index in [9.17, 15) is 0 Å². The van der Waals surface area contributed by atoms with Crippen LogP contribution in [0.3, 0.4) is 0 Å². The fourth-order valence-electron chi connectivity index (χ4n) is 1.66. The first-order chi connectivity index (χ1) is 9.99. The molecule has 128 valence electrons. The maximum absolute atomic E-state index is 5.72. The Kier molecular flexibility index (Phi) is 13.3. The second-order valence-corrected chi connectivity index (χ2v) is 5.36. The van der Waals surface area contributed by atoms with E-state index in [0.29, 0.717) is 33.0 Å². The Morgan fingerprint density at radius 3 is 1.29 bits per heavy atom. The first kappa shape index (κ1) is 20.8. The van der Waals surface area contributed by atoms with Gasteiger partial charge in [0, 0.05) is 13.2 Å². The lowest BCUT2D eigenvalue weighted by Gasteiger charge is -2.21. The molecule has 0 aromatic carbocycles. The summed E-state index contributed by atoms with van der Waals surface area (Å²) in [6.07, 6.45) is 0.315. The van der Waals surface area contributed by atoms with Crippen LogP contribution in [0.5, 0.6) is 0 Å². The highest BCUT2D eigenvalue weighted by Gasteiger charge is 2.11. The molecular formula is C16H34O5. The minimum atomic E-state index is 0.0458. The zero-order valence-electron chi connectivity index (χ0n) is 14.6. The molecule has 0 fully saturated rings. The molecule has 5 heteroatoms. The lowest BCUT2D eigenvalue weighted by atomic mass is 10.3. The summed E-state index contributed by atoms with van der Waals surface area (Å²) >= 11 is 0. The van der Waals surface area contributed by atoms with Crippen molar-refractivity contribution in [2.24, 2.45) is 0 Å². The average Bonchev–Trinajstić information content (AvgIpc) is 2.46. The number of ether oxygens (including phenoxy) is 5. The van der Waals surface area contributed by atoms with E-state index in [4.69, 9.17) is 23.7 Å². The number of hydrogen-bond acceptors (Lipinski definition) is 5. The molecule has 0 N–H and O–H groups in total. The second kappa shape index (κ2) is 13.5. The summed E-state index contributed by atoms with van der Waals surface area (Å²) in [5.74, 6) is 0. The summed E-state index contributed by atoms with van der Waals surface area (Å²) < 4.78 is 27.8. The smallest absolute Gasteiger partial charge is 0.0781 e. The maximum Gasteiger partial charge on any atom is 0.0781 e. The first-order valence-electron chi connectivity index (χ1n) is 8.03. The molecule has 0 heterocycles. The Labute approximate surface area is 130 Å². The van der Waals surface area contributed by atoms with E-state index < -0.39 is 0 Å². The van der Waals surface area contributed by atoms with Crippen LogP contribution < -0.4 is 0 Å². The zero-order valence-corrected chi connectivity index (χ0v) is 14.6. The van der Waals surface area contributed by atoms with Crippen molar-refractivity contribution >= 4 is 0 Å². The largest absolute Gasteiger partial charge is 0.379 e. The average molecular weight is 306 g/mol. The summed E-state index contributed by atoms with van der Waals surface area (Å²) in [5.41, 5.74) is 0. The van der Waals surface area contributed by atoms with Gasteiger partial charge in [-0.25, -0.2) is 0 Å². The number of hydrogen-bond donors (Lipinski definition) is 0. The quantitative estimate of drug-likeness (QED) is 0.494. The van der Waals surface area contributed by atoms with E-state index in [1.54, 1.807) is 0 Å². The van der Waals surface area contributed by atoms with Crippen LogP contribution in [-0.2, 0) is 23.7 Å². The predicted octanol–water partition coefficient (Wildman–Crippen LogP) is 2.66. The van der Waals surface area contributed by atoms with Gasteiger partial charge in [-0.3, -0.25) is 0 Å². The standard InChI is InChI=1S/C16H34O5/c1-7-17-9-13(3)19-11-15(5)21-12-16(6)20-10-14(4)18-8-2/h13-16H,7-12H2,1-6H3. The third kappa shape index (κ3) is 13.2. The predicted molar refractivity (Wildman–Crippen MR) is 83.8 cm³/mol. The van der Waals surface area contributed by atoms with Gasteiger partial charge in [0.2, 0.25) is 0 Å². The summed E-state index contributed by atoms with van der Waals surface area (Å²) in [5, 5.41) is 0. The third-order valence-corrected chi connectivity index (χ3v) is 2.85. The molecule has 0 radical (unpaired) electrons. The van der Waals surface area contributed by atoms with Crippen molar-refractivity contribution in [3.8, 4) is 0 Å². The topological polar surface area (TPSA) is 46.2 Å². The van der Waals surface area contributed by atoms with Gasteiger partial charge < -0.3 is 23.7 Å². The Hall–Kier alpha value is -0.200. The van der Waals surface area contributed by atoms with Gasteiger partial charge in [-0.2, -0.15) is 0 Å². The van der Waals surface area contributed by atoms with Gasteiger partial charge in [-0.1, -0.05) is 0 Å². The van der Waals surface area contributed by atoms with Crippen molar-refractivity contribution < 1.29 is 23.7 Å². The van der Waals surface area contributed by atoms with Crippen LogP contribution in [0, 0.1) is 0 Å². The Morgan fingerprint density at radius 1 is 0.524 bits per heavy atom. The molecule has 0 saturated heterocycles. The molecule has 0 saturated carbocycles. The molecule has 21 heavy (non-hydrogen) atoms. The maximum atomic E-state index is 5.72. The van der Waals surface area contributed by atoms with Crippen LogP contribution in [-0.4, -0.2) is 64.1 Å². The van der Waals surface area contributed by atoms with Crippen LogP contribution in [0.15, 0.2) is 0 Å². The third-order valence-electron chi connectivity index (χ3n) is 2.85. The van der Waals surface area contributed by atoms with E-state index in [1.807, 2.05) is 41.5 Å². The summed E-state index contributed by atoms with van der Waals surface area (Å²) in [7, 11) is 0. The lowest BCUT2D eigenvalue weighted by molar-refractivity contribution is -0.0910. The molecule has 0 aliphatic rings. The van der Waals surface area contributed by atoms with Crippen molar-refractivity contribution in [1.82, 2.24) is 0 Å². The molecule has 0 aliphatic carbocycles. The second-order valence-electron chi connectivity index (χ2n) is 5.36. The van der Waals surface area contributed by atoms with Gasteiger partial charge in [-0.15, -0.1) is 0 Å². The normalized spacial score (nSPS) is 17.4. The van der Waals surface area contributed by atoms with Crippen molar-refractivity contribution in [2.75, 3.05) is 39.6 Å². The van der Waals surface area contributed by atoms with Gasteiger partial charge in [0.25, 0.3) is 0 Å². The van der Waals surface area contributed by atoms with Gasteiger partial charge in [0.15, 0.2) is 0 Å². The monoisotopic (exact) mass is 306 g/mol. The SMILES string of the molecule is CCOCC(C)OCC(C)OCC(C)OCC(C)OCC. The molecule has 0 aromatic rings. The summed E-state index contributed by atoms with van der Waals surface area (Å²) in [6.45, 7) is 15.7. The van der Waals surface area contributed by atoms with Crippen LogP contribution in [0.2, 0.25) is 0 Å². The van der Waals surface area contributed by atoms with Gasteiger partial charge in [-0.05, 0) is 41.5 Å². The zero-order chi connectivity index (χ0) is 16.1. The number of rotatable bonds is 14. The highest BCUT2D eigenvalue weighted by molar-refractivity contribution is 4.56. The van der Waals surface area contributed by atoms with E-state index in [2.05, 4.69) is 0 Å². The van der Waals surface area contributed by atoms with Crippen molar-refractivity contribution in [1.29, 1.82) is 0 Å². The van der Waals surface area contributed by atoms with Crippen molar-refractivity contribution in [2.45, 2.75) is 66.0 Å².